The summed E-state index contributed by atoms with van der Waals surface area (Å²) in [5.41, 5.74) is 8.21. The van der Waals surface area contributed by atoms with E-state index in [0.717, 1.165) is 21.9 Å². The summed E-state index contributed by atoms with van der Waals surface area (Å²) in [5, 5.41) is 11.4. The first-order valence-electron chi connectivity index (χ1n) is 6.26. The van der Waals surface area contributed by atoms with Crippen LogP contribution in [-0.2, 0) is 0 Å². The third kappa shape index (κ3) is 2.21. The maximum Gasteiger partial charge on any atom is 0.335 e. The number of nitrogen functional groups attached to an aromatic ring is 1. The van der Waals surface area contributed by atoms with Gasteiger partial charge in [-0.25, -0.2) is 4.79 Å². The van der Waals surface area contributed by atoms with Crippen LogP contribution in [0.5, 0.6) is 0 Å². The van der Waals surface area contributed by atoms with Gasteiger partial charge in [-0.2, -0.15) is 0 Å². The van der Waals surface area contributed by atoms with Crippen molar-refractivity contribution in [3.05, 3.63) is 66.2 Å². The lowest BCUT2D eigenvalue weighted by molar-refractivity contribution is 0.0697. The van der Waals surface area contributed by atoms with Gasteiger partial charge in [0.15, 0.2) is 0 Å². The van der Waals surface area contributed by atoms with Gasteiger partial charge in [0.25, 0.3) is 0 Å². The summed E-state index contributed by atoms with van der Waals surface area (Å²) in [7, 11) is 0. The zero-order valence-corrected chi connectivity index (χ0v) is 10.7. The highest BCUT2D eigenvalue weighted by molar-refractivity contribution is 5.92. The Morgan fingerprint density at radius 1 is 0.850 bits per heavy atom. The molecule has 3 heteroatoms. The summed E-state index contributed by atoms with van der Waals surface area (Å²) in [6.45, 7) is 0. The van der Waals surface area contributed by atoms with E-state index < -0.39 is 5.97 Å². The van der Waals surface area contributed by atoms with Crippen molar-refractivity contribution < 1.29 is 9.90 Å². The topological polar surface area (TPSA) is 63.3 Å². The van der Waals surface area contributed by atoms with Gasteiger partial charge in [0, 0.05) is 5.69 Å². The molecule has 0 spiro atoms. The number of carboxylic acids is 1. The molecule has 0 aliphatic heterocycles. The molecule has 0 radical (unpaired) electrons. The molecular weight excluding hydrogens is 250 g/mol. The van der Waals surface area contributed by atoms with E-state index in [9.17, 15) is 4.79 Å². The van der Waals surface area contributed by atoms with Crippen molar-refractivity contribution in [2.24, 2.45) is 0 Å². The fourth-order valence-corrected chi connectivity index (χ4v) is 2.31. The van der Waals surface area contributed by atoms with E-state index in [1.54, 1.807) is 12.1 Å². The molecule has 0 aliphatic rings. The van der Waals surface area contributed by atoms with E-state index in [1.807, 2.05) is 42.5 Å². The van der Waals surface area contributed by atoms with Crippen LogP contribution in [0.4, 0.5) is 5.69 Å². The molecule has 3 aromatic rings. The Morgan fingerprint density at radius 2 is 1.60 bits per heavy atom. The van der Waals surface area contributed by atoms with E-state index in [4.69, 9.17) is 10.8 Å². The number of carboxylic acid groups (broad SMARTS) is 1. The summed E-state index contributed by atoms with van der Waals surface area (Å²) >= 11 is 0. The van der Waals surface area contributed by atoms with Crippen molar-refractivity contribution in [3.8, 4) is 11.1 Å². The van der Waals surface area contributed by atoms with Crippen molar-refractivity contribution >= 4 is 22.4 Å². The molecule has 3 aromatic carbocycles. The molecule has 3 rings (SSSR count). The number of aromatic carboxylic acids is 1. The van der Waals surface area contributed by atoms with Gasteiger partial charge in [-0.05, 0) is 46.2 Å². The van der Waals surface area contributed by atoms with Gasteiger partial charge in [0.1, 0.15) is 0 Å². The van der Waals surface area contributed by atoms with Crippen LogP contribution in [0.25, 0.3) is 21.9 Å². The number of nitrogens with two attached hydrogens (primary N) is 1. The van der Waals surface area contributed by atoms with Crippen molar-refractivity contribution in [3.63, 3.8) is 0 Å². The lowest BCUT2D eigenvalue weighted by Gasteiger charge is -2.07. The van der Waals surface area contributed by atoms with Crippen LogP contribution in [0.1, 0.15) is 10.4 Å². The maximum absolute atomic E-state index is 11.1. The molecule has 0 bridgehead atoms. The average molecular weight is 263 g/mol. The van der Waals surface area contributed by atoms with Crippen molar-refractivity contribution in [1.82, 2.24) is 0 Å². The number of anilines is 1. The molecule has 0 heterocycles. The number of hydrogen-bond acceptors (Lipinski definition) is 2. The Hall–Kier alpha value is -2.81. The van der Waals surface area contributed by atoms with E-state index in [-0.39, 0.29) is 5.56 Å². The van der Waals surface area contributed by atoms with Crippen molar-refractivity contribution in [2.75, 3.05) is 5.73 Å². The zero-order chi connectivity index (χ0) is 14.1. The monoisotopic (exact) mass is 263 g/mol. The van der Waals surface area contributed by atoms with Crippen molar-refractivity contribution in [1.29, 1.82) is 0 Å². The first-order chi connectivity index (χ1) is 9.63. The predicted molar refractivity (Wildman–Crippen MR) is 80.8 cm³/mol. The summed E-state index contributed by atoms with van der Waals surface area (Å²) < 4.78 is 0. The minimum atomic E-state index is -0.973. The Balaban J connectivity index is 2.17. The molecule has 3 N–H and O–H groups in total. The second kappa shape index (κ2) is 4.70. The fraction of sp³-hybridized carbons (Fsp3) is 0. The first kappa shape index (κ1) is 12.2. The molecule has 20 heavy (non-hydrogen) atoms. The largest absolute Gasteiger partial charge is 0.478 e. The second-order valence-electron chi connectivity index (χ2n) is 4.71. The molecule has 0 fully saturated rings. The molecule has 0 saturated heterocycles. The number of carbonyl (C=O) groups is 1. The van der Waals surface area contributed by atoms with Gasteiger partial charge in [-0.1, -0.05) is 36.4 Å². The van der Waals surface area contributed by atoms with Crippen LogP contribution >= 0.6 is 0 Å². The van der Waals surface area contributed by atoms with Gasteiger partial charge in [0.2, 0.25) is 0 Å². The van der Waals surface area contributed by atoms with Crippen LogP contribution in [0.15, 0.2) is 60.7 Å². The Morgan fingerprint density at radius 3 is 2.35 bits per heavy atom. The quantitative estimate of drug-likeness (QED) is 0.691. The zero-order valence-electron chi connectivity index (χ0n) is 10.7. The maximum atomic E-state index is 11.1. The van der Waals surface area contributed by atoms with Gasteiger partial charge in [-0.15, -0.1) is 0 Å². The highest BCUT2D eigenvalue weighted by atomic mass is 16.4. The number of hydrogen-bond donors (Lipinski definition) is 2. The number of benzene rings is 3. The SMILES string of the molecule is Nc1cc(C(=O)O)cc(-c2ccc3ccccc3c2)c1. The third-order valence-corrected chi connectivity index (χ3v) is 3.29. The normalized spacial score (nSPS) is 10.6. The molecular formula is C17H13NO2. The van der Waals surface area contributed by atoms with Gasteiger partial charge in [-0.3, -0.25) is 0 Å². The highest BCUT2D eigenvalue weighted by Gasteiger charge is 2.07. The van der Waals surface area contributed by atoms with E-state index in [2.05, 4.69) is 0 Å². The summed E-state index contributed by atoms with van der Waals surface area (Å²) in [5.74, 6) is -0.973. The highest BCUT2D eigenvalue weighted by Crippen LogP contribution is 2.27. The fourth-order valence-electron chi connectivity index (χ4n) is 2.31. The molecule has 0 amide bonds. The van der Waals surface area contributed by atoms with Gasteiger partial charge >= 0.3 is 5.97 Å². The third-order valence-electron chi connectivity index (χ3n) is 3.29. The Bertz CT molecular complexity index is 809. The summed E-state index contributed by atoms with van der Waals surface area (Å²) in [6, 6.07) is 19.0. The Labute approximate surface area is 116 Å². The lowest BCUT2D eigenvalue weighted by atomic mass is 9.99. The predicted octanol–water partition coefficient (Wildman–Crippen LogP) is 3.79. The van der Waals surface area contributed by atoms with Crippen LogP contribution in [-0.4, -0.2) is 11.1 Å². The minimum absolute atomic E-state index is 0.202. The van der Waals surface area contributed by atoms with Crippen LogP contribution in [0.3, 0.4) is 0 Å². The lowest BCUT2D eigenvalue weighted by Crippen LogP contribution is -1.98. The second-order valence-corrected chi connectivity index (χ2v) is 4.71. The van der Waals surface area contributed by atoms with Gasteiger partial charge in [0.05, 0.1) is 5.56 Å². The molecule has 0 aromatic heterocycles. The molecule has 0 saturated carbocycles. The number of fused-ring (bicyclic) bond motifs is 1. The van der Waals surface area contributed by atoms with Crippen LogP contribution < -0.4 is 5.73 Å². The van der Waals surface area contributed by atoms with E-state index in [1.165, 1.54) is 6.07 Å². The summed E-state index contributed by atoms with van der Waals surface area (Å²) in [4.78, 5) is 11.1. The smallest absolute Gasteiger partial charge is 0.335 e. The minimum Gasteiger partial charge on any atom is -0.478 e. The van der Waals surface area contributed by atoms with Crippen LogP contribution in [0.2, 0.25) is 0 Å². The summed E-state index contributed by atoms with van der Waals surface area (Å²) in [6.07, 6.45) is 0. The molecule has 3 nitrogen and oxygen atoms in total. The standard InChI is InChI=1S/C17H13NO2/c18-16-9-14(8-15(10-16)17(19)20)13-6-5-11-3-1-2-4-12(11)7-13/h1-10H,18H2,(H,19,20). The Kier molecular flexibility index (Phi) is 2.88. The van der Waals surface area contributed by atoms with E-state index in [0.29, 0.717) is 5.69 Å². The van der Waals surface area contributed by atoms with Gasteiger partial charge < -0.3 is 10.8 Å². The molecule has 0 aliphatic carbocycles. The van der Waals surface area contributed by atoms with Crippen molar-refractivity contribution in [2.45, 2.75) is 0 Å². The first-order valence-corrected chi connectivity index (χ1v) is 6.26. The number of rotatable bonds is 2. The molecule has 0 unspecified atom stereocenters. The molecule has 0 atom stereocenters. The average Bonchev–Trinajstić information content (AvgIpc) is 2.46. The van der Waals surface area contributed by atoms with Crippen LogP contribution in [0, 0.1) is 0 Å². The molecule has 98 valence electrons. The van der Waals surface area contributed by atoms with E-state index >= 15 is 0 Å².